The fourth-order valence-corrected chi connectivity index (χ4v) is 3.05. The van der Waals surface area contributed by atoms with E-state index in [0.717, 1.165) is 29.8 Å². The van der Waals surface area contributed by atoms with Gasteiger partial charge in [0.05, 0.1) is 5.69 Å². The van der Waals surface area contributed by atoms with Crippen molar-refractivity contribution in [2.24, 2.45) is 0 Å². The van der Waals surface area contributed by atoms with E-state index < -0.39 is 6.04 Å². The smallest absolute Gasteiger partial charge is 0.267 e. The fourth-order valence-electron chi connectivity index (χ4n) is 3.05. The molecule has 0 bridgehead atoms. The minimum absolute atomic E-state index is 0.276. The number of rotatable bonds is 7. The Morgan fingerprint density at radius 3 is 2.52 bits per heavy atom. The number of anilines is 1. The largest absolute Gasteiger partial charge is 0.489 e. The normalized spacial score (nSPS) is 14.2. The molecule has 1 N–H and O–H groups in total. The summed E-state index contributed by atoms with van der Waals surface area (Å²) in [4.78, 5) is 24.8. The number of ether oxygens (including phenoxy) is 1. The minimum atomic E-state index is -0.699. The maximum Gasteiger partial charge on any atom is 0.267 e. The van der Waals surface area contributed by atoms with Gasteiger partial charge in [0.25, 0.3) is 5.56 Å². The van der Waals surface area contributed by atoms with E-state index in [9.17, 15) is 9.59 Å². The molecule has 6 heteroatoms. The maximum atomic E-state index is 12.6. The first-order valence-corrected chi connectivity index (χ1v) is 9.77. The Kier molecular flexibility index (Phi) is 5.42. The van der Waals surface area contributed by atoms with Crippen molar-refractivity contribution in [1.29, 1.82) is 0 Å². The summed E-state index contributed by atoms with van der Waals surface area (Å²) in [5, 5.41) is 7.23. The van der Waals surface area contributed by atoms with Gasteiger partial charge in [0.1, 0.15) is 18.4 Å². The van der Waals surface area contributed by atoms with Crippen molar-refractivity contribution in [1.82, 2.24) is 9.78 Å². The number of benzene rings is 2. The number of amides is 1. The monoisotopic (exact) mass is 389 g/mol. The van der Waals surface area contributed by atoms with Gasteiger partial charge in [0.2, 0.25) is 5.91 Å². The summed E-state index contributed by atoms with van der Waals surface area (Å²) < 4.78 is 7.02. The van der Waals surface area contributed by atoms with Crippen LogP contribution in [-0.2, 0) is 11.4 Å². The molecule has 1 fully saturated rings. The molecule has 1 aliphatic carbocycles. The van der Waals surface area contributed by atoms with Crippen molar-refractivity contribution in [2.75, 3.05) is 5.32 Å². The van der Waals surface area contributed by atoms with E-state index in [1.807, 2.05) is 30.3 Å². The number of carbonyl (C=O) groups is 1. The van der Waals surface area contributed by atoms with Crippen LogP contribution in [0.15, 0.2) is 71.5 Å². The fraction of sp³-hybridized carbons (Fsp3) is 0.261. The molecule has 1 atom stereocenters. The Labute approximate surface area is 169 Å². The molecule has 1 heterocycles. The number of hydrogen-bond acceptors (Lipinski definition) is 4. The van der Waals surface area contributed by atoms with E-state index in [4.69, 9.17) is 4.74 Å². The van der Waals surface area contributed by atoms with Gasteiger partial charge in [-0.25, -0.2) is 4.68 Å². The number of nitrogens with one attached hydrogen (secondary N) is 1. The van der Waals surface area contributed by atoms with Gasteiger partial charge in [0, 0.05) is 17.7 Å². The van der Waals surface area contributed by atoms with Gasteiger partial charge >= 0.3 is 0 Å². The summed E-state index contributed by atoms with van der Waals surface area (Å²) in [6.45, 7) is 2.16. The average molecular weight is 389 g/mol. The standard InChI is InChI=1S/C23H23N3O3/c1-16(26-22(27)14-13-21(25-26)18-7-8-18)23(28)24-19-9-11-20(12-10-19)29-15-17-5-3-2-4-6-17/h2-6,9-14,16,18H,7-8,15H2,1H3,(H,24,28). The highest BCUT2D eigenvalue weighted by Gasteiger charge is 2.27. The van der Waals surface area contributed by atoms with Crippen LogP contribution in [0.5, 0.6) is 5.75 Å². The lowest BCUT2D eigenvalue weighted by Gasteiger charge is -2.15. The second-order valence-corrected chi connectivity index (χ2v) is 7.28. The van der Waals surface area contributed by atoms with Gasteiger partial charge in [-0.05, 0) is 55.7 Å². The summed E-state index contributed by atoms with van der Waals surface area (Å²) in [5.74, 6) is 0.848. The Morgan fingerprint density at radius 1 is 1.10 bits per heavy atom. The lowest BCUT2D eigenvalue weighted by Crippen LogP contribution is -2.33. The zero-order chi connectivity index (χ0) is 20.2. The second kappa shape index (κ2) is 8.31. The molecule has 0 spiro atoms. The lowest BCUT2D eigenvalue weighted by atomic mass is 10.2. The number of carbonyl (C=O) groups excluding carboxylic acids is 1. The molecule has 148 valence electrons. The van der Waals surface area contributed by atoms with Crippen LogP contribution in [0.4, 0.5) is 5.69 Å². The SMILES string of the molecule is CC(C(=O)Nc1ccc(OCc2ccccc2)cc1)n1nc(C2CC2)ccc1=O. The van der Waals surface area contributed by atoms with Crippen LogP contribution in [0.1, 0.15) is 43.0 Å². The van der Waals surface area contributed by atoms with Crippen LogP contribution >= 0.6 is 0 Å². The maximum absolute atomic E-state index is 12.6. The van der Waals surface area contributed by atoms with Crippen molar-refractivity contribution in [2.45, 2.75) is 38.3 Å². The van der Waals surface area contributed by atoms with Crippen molar-refractivity contribution in [3.63, 3.8) is 0 Å². The van der Waals surface area contributed by atoms with Crippen molar-refractivity contribution in [3.8, 4) is 5.75 Å². The van der Waals surface area contributed by atoms with Crippen molar-refractivity contribution in [3.05, 3.63) is 88.3 Å². The number of aromatic nitrogens is 2. The molecule has 1 saturated carbocycles. The van der Waals surface area contributed by atoms with Crippen LogP contribution in [0, 0.1) is 0 Å². The number of hydrogen-bond donors (Lipinski definition) is 1. The van der Waals surface area contributed by atoms with Gasteiger partial charge in [-0.3, -0.25) is 9.59 Å². The molecule has 2 aromatic carbocycles. The molecular weight excluding hydrogens is 366 g/mol. The van der Waals surface area contributed by atoms with Crippen molar-refractivity contribution >= 4 is 11.6 Å². The molecule has 0 aliphatic heterocycles. The van der Waals surface area contributed by atoms with Gasteiger partial charge in [-0.1, -0.05) is 30.3 Å². The molecule has 0 saturated heterocycles. The van der Waals surface area contributed by atoms with Crippen LogP contribution in [0.25, 0.3) is 0 Å². The molecule has 3 aromatic rings. The van der Waals surface area contributed by atoms with Gasteiger partial charge in [0.15, 0.2) is 0 Å². The third-order valence-electron chi connectivity index (χ3n) is 4.96. The summed E-state index contributed by atoms with van der Waals surface area (Å²) in [6.07, 6.45) is 2.18. The first-order chi connectivity index (χ1) is 14.1. The molecule has 1 amide bonds. The van der Waals surface area contributed by atoms with Crippen LogP contribution in [0.3, 0.4) is 0 Å². The first kappa shape index (κ1) is 18.9. The minimum Gasteiger partial charge on any atom is -0.489 e. The van der Waals surface area contributed by atoms with Crippen LogP contribution < -0.4 is 15.6 Å². The van der Waals surface area contributed by atoms with Gasteiger partial charge in [-0.15, -0.1) is 0 Å². The summed E-state index contributed by atoms with van der Waals surface area (Å²) in [5.41, 5.74) is 2.33. The quantitative estimate of drug-likeness (QED) is 0.665. The first-order valence-electron chi connectivity index (χ1n) is 9.77. The molecule has 1 unspecified atom stereocenters. The zero-order valence-electron chi connectivity index (χ0n) is 16.2. The summed E-state index contributed by atoms with van der Waals surface area (Å²) >= 11 is 0. The predicted molar refractivity (Wildman–Crippen MR) is 111 cm³/mol. The van der Waals surface area contributed by atoms with E-state index >= 15 is 0 Å². The van der Waals surface area contributed by atoms with E-state index in [-0.39, 0.29) is 11.5 Å². The van der Waals surface area contributed by atoms with E-state index in [1.54, 1.807) is 37.3 Å². The van der Waals surface area contributed by atoms with Gasteiger partial charge in [-0.2, -0.15) is 5.10 Å². The molecular formula is C23H23N3O3. The van der Waals surface area contributed by atoms with Gasteiger partial charge < -0.3 is 10.1 Å². The number of nitrogens with zero attached hydrogens (tertiary/aromatic N) is 2. The summed E-state index contributed by atoms with van der Waals surface area (Å²) in [7, 11) is 0. The van der Waals surface area contributed by atoms with Crippen LogP contribution in [-0.4, -0.2) is 15.7 Å². The van der Waals surface area contributed by atoms with E-state index in [1.165, 1.54) is 10.7 Å². The highest BCUT2D eigenvalue weighted by atomic mass is 16.5. The lowest BCUT2D eigenvalue weighted by molar-refractivity contribution is -0.119. The molecule has 1 aromatic heterocycles. The van der Waals surface area contributed by atoms with E-state index in [2.05, 4.69) is 10.4 Å². The third kappa shape index (κ3) is 4.71. The molecule has 29 heavy (non-hydrogen) atoms. The molecule has 4 rings (SSSR count). The zero-order valence-corrected chi connectivity index (χ0v) is 16.2. The highest BCUT2D eigenvalue weighted by molar-refractivity contribution is 5.93. The molecule has 6 nitrogen and oxygen atoms in total. The van der Waals surface area contributed by atoms with Crippen molar-refractivity contribution < 1.29 is 9.53 Å². The Balaban J connectivity index is 1.38. The second-order valence-electron chi connectivity index (χ2n) is 7.28. The third-order valence-corrected chi connectivity index (χ3v) is 4.96. The van der Waals surface area contributed by atoms with E-state index in [0.29, 0.717) is 18.2 Å². The Hall–Kier alpha value is -3.41. The Bertz CT molecular complexity index is 1040. The van der Waals surface area contributed by atoms with Crippen LogP contribution in [0.2, 0.25) is 0 Å². The predicted octanol–water partition coefficient (Wildman–Crippen LogP) is 3.90. The topological polar surface area (TPSA) is 73.2 Å². The molecule has 1 aliphatic rings. The molecule has 0 radical (unpaired) electrons. The average Bonchev–Trinajstić information content (AvgIpc) is 3.59. The summed E-state index contributed by atoms with van der Waals surface area (Å²) in [6, 6.07) is 19.6. The Morgan fingerprint density at radius 2 is 1.83 bits per heavy atom. The highest BCUT2D eigenvalue weighted by Crippen LogP contribution is 2.38.